The molecule has 0 unspecified atom stereocenters. The number of carbonyl (C=O) groups excluding carboxylic acids is 1. The summed E-state index contributed by atoms with van der Waals surface area (Å²) in [6.07, 6.45) is 6.44. The lowest BCUT2D eigenvalue weighted by atomic mass is 9.87. The number of ether oxygens (including phenoxy) is 2. The third kappa shape index (κ3) is 4.82. The monoisotopic (exact) mass is 522 g/mol. The van der Waals surface area contributed by atoms with Crippen molar-refractivity contribution in [3.63, 3.8) is 0 Å². The molecule has 202 valence electrons. The lowest BCUT2D eigenvalue weighted by molar-refractivity contribution is -0.104. The summed E-state index contributed by atoms with van der Waals surface area (Å²) in [6.45, 7) is 9.16. The Bertz CT molecular complexity index is 1290. The predicted molar refractivity (Wildman–Crippen MR) is 142 cm³/mol. The number of anilines is 1. The summed E-state index contributed by atoms with van der Waals surface area (Å²) >= 11 is 0. The molecule has 10 heteroatoms. The summed E-state index contributed by atoms with van der Waals surface area (Å²) < 4.78 is 28.3. The van der Waals surface area contributed by atoms with Gasteiger partial charge >= 0.3 is 6.09 Å². The molecule has 0 N–H and O–H groups in total. The van der Waals surface area contributed by atoms with E-state index in [0.717, 1.165) is 35.4 Å². The van der Waals surface area contributed by atoms with E-state index >= 15 is 4.39 Å². The number of piperidine rings is 1. The number of halogens is 1. The SMILES string of the molecule is CC(C)N1CCC[C@](F)(c2ccc(-c3cc4c(N5CCN(C(=O)OC6COC6)CC5)ccnn4c3)nc2)C1. The maximum absolute atomic E-state index is 15.9. The van der Waals surface area contributed by atoms with E-state index in [-0.39, 0.29) is 12.2 Å². The van der Waals surface area contributed by atoms with Crippen LogP contribution in [-0.2, 0) is 15.1 Å². The fourth-order valence-electron chi connectivity index (χ4n) is 5.59. The van der Waals surface area contributed by atoms with E-state index in [0.29, 0.717) is 64.0 Å². The molecule has 0 aliphatic carbocycles. The van der Waals surface area contributed by atoms with Crippen LogP contribution in [0.1, 0.15) is 32.3 Å². The van der Waals surface area contributed by atoms with Crippen molar-refractivity contribution >= 4 is 17.3 Å². The van der Waals surface area contributed by atoms with Crippen molar-refractivity contribution < 1.29 is 18.7 Å². The van der Waals surface area contributed by atoms with Gasteiger partial charge in [-0.05, 0) is 51.4 Å². The number of alkyl halides is 1. The first kappa shape index (κ1) is 25.1. The first-order valence-electron chi connectivity index (χ1n) is 13.6. The normalized spacial score (nSPS) is 23.2. The molecule has 0 bridgehead atoms. The van der Waals surface area contributed by atoms with Crippen molar-refractivity contribution in [1.82, 2.24) is 24.4 Å². The smallest absolute Gasteiger partial charge is 0.410 e. The summed E-state index contributed by atoms with van der Waals surface area (Å²) in [6, 6.07) is 8.21. The summed E-state index contributed by atoms with van der Waals surface area (Å²) in [4.78, 5) is 23.3. The first-order valence-corrected chi connectivity index (χ1v) is 13.6. The van der Waals surface area contributed by atoms with Gasteiger partial charge in [0, 0.05) is 68.5 Å². The molecule has 1 atom stereocenters. The van der Waals surface area contributed by atoms with E-state index in [1.54, 1.807) is 17.3 Å². The minimum absolute atomic E-state index is 0.116. The fourth-order valence-corrected chi connectivity index (χ4v) is 5.59. The minimum Gasteiger partial charge on any atom is -0.441 e. The van der Waals surface area contributed by atoms with E-state index < -0.39 is 5.67 Å². The van der Waals surface area contributed by atoms with Gasteiger partial charge in [-0.2, -0.15) is 5.10 Å². The highest BCUT2D eigenvalue weighted by atomic mass is 19.1. The van der Waals surface area contributed by atoms with Crippen LogP contribution in [0.15, 0.2) is 42.9 Å². The second kappa shape index (κ2) is 10.1. The molecule has 1 amide bonds. The standard InChI is InChI=1S/C28H35FN6O3/c1-20(2)34-9-3-7-28(29,19-34)22-4-5-24(30-15-22)21-14-26-25(6-8-31-35(26)16-21)32-10-12-33(13-11-32)27(36)38-23-17-37-18-23/h4-6,8,14-16,20,23H,3,7,9-13,17-19H2,1-2H3/t28-/m1/s1. The quantitative estimate of drug-likeness (QED) is 0.506. The van der Waals surface area contributed by atoms with Crippen LogP contribution in [-0.4, -0.2) is 95.1 Å². The Kier molecular flexibility index (Phi) is 6.69. The number of fused-ring (bicyclic) bond motifs is 1. The van der Waals surface area contributed by atoms with Gasteiger partial charge in [0.1, 0.15) is 5.67 Å². The minimum atomic E-state index is -1.37. The van der Waals surface area contributed by atoms with E-state index in [9.17, 15) is 4.79 Å². The van der Waals surface area contributed by atoms with Crippen molar-refractivity contribution in [2.75, 3.05) is 57.4 Å². The average molecular weight is 523 g/mol. The van der Waals surface area contributed by atoms with Gasteiger partial charge in [0.25, 0.3) is 0 Å². The van der Waals surface area contributed by atoms with Crippen molar-refractivity contribution in [3.8, 4) is 11.3 Å². The number of likely N-dealkylation sites (tertiary alicyclic amines) is 1. The number of hydrogen-bond donors (Lipinski definition) is 0. The number of aromatic nitrogens is 3. The number of amides is 1. The molecule has 0 radical (unpaired) electrons. The van der Waals surface area contributed by atoms with Crippen LogP contribution in [0.2, 0.25) is 0 Å². The van der Waals surface area contributed by atoms with E-state index in [4.69, 9.17) is 9.47 Å². The highest BCUT2D eigenvalue weighted by Gasteiger charge is 2.38. The summed E-state index contributed by atoms with van der Waals surface area (Å²) in [5.41, 5.74) is 3.03. The molecular formula is C28H35FN6O3. The van der Waals surface area contributed by atoms with Crippen LogP contribution in [0.25, 0.3) is 16.8 Å². The van der Waals surface area contributed by atoms with E-state index in [2.05, 4.69) is 39.8 Å². The lowest BCUT2D eigenvalue weighted by Gasteiger charge is -2.39. The molecular weight excluding hydrogens is 487 g/mol. The molecule has 3 aromatic rings. The summed E-state index contributed by atoms with van der Waals surface area (Å²) in [5.74, 6) is 0. The topological polar surface area (TPSA) is 75.4 Å². The summed E-state index contributed by atoms with van der Waals surface area (Å²) in [5, 5.41) is 4.50. The Hall–Kier alpha value is -3.24. The molecule has 3 saturated heterocycles. The molecule has 38 heavy (non-hydrogen) atoms. The van der Waals surface area contributed by atoms with Gasteiger partial charge in [0.2, 0.25) is 0 Å². The molecule has 3 fully saturated rings. The zero-order chi connectivity index (χ0) is 26.3. The van der Waals surface area contributed by atoms with Gasteiger partial charge in [0.15, 0.2) is 6.10 Å². The highest BCUT2D eigenvalue weighted by molar-refractivity contribution is 5.79. The second-order valence-corrected chi connectivity index (χ2v) is 10.9. The molecule has 9 nitrogen and oxygen atoms in total. The Morgan fingerprint density at radius 3 is 2.66 bits per heavy atom. The molecule has 0 saturated carbocycles. The molecule has 3 aliphatic rings. The Morgan fingerprint density at radius 1 is 1.16 bits per heavy atom. The number of nitrogens with zero attached hydrogens (tertiary/aromatic N) is 6. The van der Waals surface area contributed by atoms with Gasteiger partial charge in [-0.25, -0.2) is 13.7 Å². The second-order valence-electron chi connectivity index (χ2n) is 10.9. The third-order valence-corrected chi connectivity index (χ3v) is 8.02. The average Bonchev–Trinajstić information content (AvgIpc) is 3.35. The van der Waals surface area contributed by atoms with E-state index in [1.807, 2.05) is 28.9 Å². The molecule has 3 aromatic heterocycles. The summed E-state index contributed by atoms with van der Waals surface area (Å²) in [7, 11) is 0. The lowest BCUT2D eigenvalue weighted by Crippen LogP contribution is -2.51. The molecule has 3 aliphatic heterocycles. The van der Waals surface area contributed by atoms with Crippen LogP contribution in [0, 0.1) is 0 Å². The zero-order valence-corrected chi connectivity index (χ0v) is 22.1. The van der Waals surface area contributed by atoms with Crippen molar-refractivity contribution in [2.24, 2.45) is 0 Å². The molecule has 6 heterocycles. The Labute approximate surface area is 222 Å². The largest absolute Gasteiger partial charge is 0.441 e. The van der Waals surface area contributed by atoms with Gasteiger partial charge in [-0.15, -0.1) is 0 Å². The number of hydrogen-bond acceptors (Lipinski definition) is 7. The maximum atomic E-state index is 15.9. The van der Waals surface area contributed by atoms with Gasteiger partial charge < -0.3 is 19.3 Å². The molecule has 0 aromatic carbocycles. The number of carbonyl (C=O) groups is 1. The van der Waals surface area contributed by atoms with Gasteiger partial charge in [0.05, 0.1) is 30.1 Å². The van der Waals surface area contributed by atoms with Crippen LogP contribution >= 0.6 is 0 Å². The Morgan fingerprint density at radius 2 is 1.97 bits per heavy atom. The third-order valence-electron chi connectivity index (χ3n) is 8.02. The fraction of sp³-hybridized carbons (Fsp3) is 0.536. The van der Waals surface area contributed by atoms with Crippen molar-refractivity contribution in [3.05, 3.63) is 48.4 Å². The van der Waals surface area contributed by atoms with Crippen LogP contribution in [0.4, 0.5) is 14.9 Å². The van der Waals surface area contributed by atoms with Crippen LogP contribution in [0.5, 0.6) is 0 Å². The van der Waals surface area contributed by atoms with Crippen LogP contribution in [0.3, 0.4) is 0 Å². The maximum Gasteiger partial charge on any atom is 0.410 e. The molecule has 0 spiro atoms. The van der Waals surface area contributed by atoms with Gasteiger partial charge in [-0.3, -0.25) is 9.88 Å². The van der Waals surface area contributed by atoms with E-state index in [1.165, 1.54) is 0 Å². The van der Waals surface area contributed by atoms with Crippen LogP contribution < -0.4 is 4.90 Å². The molecule has 6 rings (SSSR count). The number of piperazine rings is 1. The van der Waals surface area contributed by atoms with Crippen molar-refractivity contribution in [2.45, 2.75) is 44.5 Å². The predicted octanol–water partition coefficient (Wildman–Crippen LogP) is 3.72. The highest BCUT2D eigenvalue weighted by Crippen LogP contribution is 2.37. The Balaban J connectivity index is 1.16. The number of pyridine rings is 1. The van der Waals surface area contributed by atoms with Crippen molar-refractivity contribution in [1.29, 1.82) is 0 Å². The number of rotatable bonds is 5. The zero-order valence-electron chi connectivity index (χ0n) is 22.1. The first-order chi connectivity index (χ1) is 18.4. The van der Waals surface area contributed by atoms with Gasteiger partial charge in [-0.1, -0.05) is 6.07 Å².